The predicted octanol–water partition coefficient (Wildman–Crippen LogP) is 0.880. The van der Waals surface area contributed by atoms with E-state index in [1.165, 1.54) is 0 Å². The molecule has 1 fully saturated rings. The van der Waals surface area contributed by atoms with Gasteiger partial charge in [-0.05, 0) is 30.6 Å². The Morgan fingerprint density at radius 2 is 2.06 bits per heavy atom. The second-order valence-electron chi connectivity index (χ2n) is 4.61. The van der Waals surface area contributed by atoms with E-state index in [-0.39, 0.29) is 18.4 Å². The van der Waals surface area contributed by atoms with Crippen molar-refractivity contribution in [1.29, 1.82) is 0 Å². The fraction of sp³-hybridized carbons (Fsp3) is 0.700. The summed E-state index contributed by atoms with van der Waals surface area (Å²) in [4.78, 5) is 10.9. The molecule has 0 N–H and O–H groups in total. The molecule has 2 aliphatic carbocycles. The van der Waals surface area contributed by atoms with Crippen LogP contribution in [0.15, 0.2) is 12.2 Å². The Balaban J connectivity index is 1.91. The van der Waals surface area contributed by atoms with E-state index in [0.29, 0.717) is 5.92 Å². The standard InChI is InChI=1S/C10H12F2O5S/c11-10(12,18(14,15)16)9(13)17-5-8-4-6-1-2-7(8)3-6/h1-2,6-8H,3-5H2,(H,14,15,16)/p-1. The van der Waals surface area contributed by atoms with Crippen LogP contribution in [0.25, 0.3) is 0 Å². The largest absolute Gasteiger partial charge is 0.743 e. The highest BCUT2D eigenvalue weighted by Gasteiger charge is 2.49. The van der Waals surface area contributed by atoms with Crippen molar-refractivity contribution in [3.63, 3.8) is 0 Å². The maximum Gasteiger partial charge on any atom is 0.428 e. The number of rotatable bonds is 4. The number of allylic oxidation sites excluding steroid dienone is 2. The smallest absolute Gasteiger partial charge is 0.428 e. The van der Waals surface area contributed by atoms with Crippen molar-refractivity contribution in [2.45, 2.75) is 18.1 Å². The van der Waals surface area contributed by atoms with Crippen LogP contribution < -0.4 is 0 Å². The molecule has 0 aliphatic heterocycles. The molecule has 0 radical (unpaired) electrons. The lowest BCUT2D eigenvalue weighted by molar-refractivity contribution is -0.163. The predicted molar refractivity (Wildman–Crippen MR) is 54.4 cm³/mol. The summed E-state index contributed by atoms with van der Waals surface area (Å²) in [6.07, 6.45) is 5.59. The maximum absolute atomic E-state index is 12.8. The van der Waals surface area contributed by atoms with Crippen LogP contribution in [-0.2, 0) is 19.6 Å². The molecule has 3 atom stereocenters. The number of esters is 1. The van der Waals surface area contributed by atoms with Gasteiger partial charge in [0.2, 0.25) is 0 Å². The number of carbonyl (C=O) groups excluding carboxylic acids is 1. The molecular weight excluding hydrogens is 270 g/mol. The molecule has 0 aromatic heterocycles. The first-order chi connectivity index (χ1) is 8.22. The first kappa shape index (κ1) is 13.4. The number of ether oxygens (including phenoxy) is 1. The fourth-order valence-electron chi connectivity index (χ4n) is 2.46. The highest BCUT2D eigenvalue weighted by molar-refractivity contribution is 7.87. The molecule has 2 rings (SSSR count). The molecule has 1 saturated carbocycles. The van der Waals surface area contributed by atoms with Gasteiger partial charge in [-0.2, -0.15) is 8.78 Å². The molecule has 0 aromatic carbocycles. The molecule has 0 aromatic rings. The number of fused-ring (bicyclic) bond motifs is 2. The molecule has 5 nitrogen and oxygen atoms in total. The quantitative estimate of drug-likeness (QED) is 0.434. The Morgan fingerprint density at radius 3 is 2.50 bits per heavy atom. The topological polar surface area (TPSA) is 83.5 Å². The molecule has 0 saturated heterocycles. The van der Waals surface area contributed by atoms with Gasteiger partial charge in [-0.25, -0.2) is 13.2 Å². The monoisotopic (exact) mass is 281 g/mol. The van der Waals surface area contributed by atoms with Crippen LogP contribution >= 0.6 is 0 Å². The summed E-state index contributed by atoms with van der Waals surface area (Å²) >= 11 is 0. The second-order valence-corrected chi connectivity index (χ2v) is 6.03. The number of alkyl halides is 2. The molecule has 3 unspecified atom stereocenters. The summed E-state index contributed by atoms with van der Waals surface area (Å²) in [6.45, 7) is -0.282. The Morgan fingerprint density at radius 1 is 1.39 bits per heavy atom. The van der Waals surface area contributed by atoms with Crippen LogP contribution in [0, 0.1) is 17.8 Å². The Bertz CT molecular complexity index is 484. The number of hydrogen-bond donors (Lipinski definition) is 0. The molecule has 8 heteroatoms. The minimum atomic E-state index is -6.03. The van der Waals surface area contributed by atoms with Gasteiger partial charge in [0.15, 0.2) is 10.1 Å². The van der Waals surface area contributed by atoms with Gasteiger partial charge in [-0.1, -0.05) is 12.2 Å². The first-order valence-electron chi connectivity index (χ1n) is 5.40. The van der Waals surface area contributed by atoms with Crippen molar-refractivity contribution >= 4 is 16.1 Å². The number of hydrogen-bond acceptors (Lipinski definition) is 5. The summed E-state index contributed by atoms with van der Waals surface area (Å²) in [7, 11) is -6.03. The van der Waals surface area contributed by atoms with Crippen LogP contribution in [0.1, 0.15) is 12.8 Å². The molecular formula is C10H11F2O5S-. The molecule has 0 heterocycles. The maximum atomic E-state index is 12.8. The Labute approximate surface area is 103 Å². The lowest BCUT2D eigenvalue weighted by atomic mass is 9.95. The van der Waals surface area contributed by atoms with Crippen molar-refractivity contribution in [1.82, 2.24) is 0 Å². The zero-order chi connectivity index (χ0) is 13.6. The van der Waals surface area contributed by atoms with Crippen molar-refractivity contribution in [2.75, 3.05) is 6.61 Å². The number of carbonyl (C=O) groups is 1. The molecule has 18 heavy (non-hydrogen) atoms. The van der Waals surface area contributed by atoms with Crippen molar-refractivity contribution in [3.8, 4) is 0 Å². The number of halogens is 2. The lowest BCUT2D eigenvalue weighted by Crippen LogP contribution is -2.40. The van der Waals surface area contributed by atoms with E-state index in [1.54, 1.807) is 0 Å². The minimum absolute atomic E-state index is 0.0749. The second kappa shape index (κ2) is 4.27. The van der Waals surface area contributed by atoms with Gasteiger partial charge in [0, 0.05) is 0 Å². The van der Waals surface area contributed by atoms with Crippen LogP contribution in [0.3, 0.4) is 0 Å². The third-order valence-corrected chi connectivity index (χ3v) is 4.19. The van der Waals surface area contributed by atoms with Crippen molar-refractivity contribution in [3.05, 3.63) is 12.2 Å². The molecule has 2 bridgehead atoms. The van der Waals surface area contributed by atoms with Crippen molar-refractivity contribution < 1.29 is 31.3 Å². The Hall–Kier alpha value is -1.02. The zero-order valence-electron chi connectivity index (χ0n) is 9.21. The van der Waals surface area contributed by atoms with E-state index < -0.39 is 21.3 Å². The summed E-state index contributed by atoms with van der Waals surface area (Å²) in [5.74, 6) is -1.80. The minimum Gasteiger partial charge on any atom is -0.743 e. The van der Waals surface area contributed by atoms with E-state index in [0.717, 1.165) is 12.8 Å². The normalized spacial score (nSPS) is 30.7. The van der Waals surface area contributed by atoms with Crippen LogP contribution in [0.2, 0.25) is 0 Å². The van der Waals surface area contributed by atoms with Crippen molar-refractivity contribution in [2.24, 2.45) is 17.8 Å². The molecule has 0 amide bonds. The summed E-state index contributed by atoms with van der Waals surface area (Å²) in [5.41, 5.74) is 0. The van der Waals surface area contributed by atoms with Gasteiger partial charge in [-0.15, -0.1) is 0 Å². The first-order valence-corrected chi connectivity index (χ1v) is 6.81. The fourth-order valence-corrected chi connectivity index (χ4v) is 2.72. The SMILES string of the molecule is O=C(OCC1CC2C=CC1C2)C(F)(F)S(=O)(=O)[O-]. The average molecular weight is 281 g/mol. The summed E-state index contributed by atoms with van der Waals surface area (Å²) < 4.78 is 60.5. The molecule has 0 spiro atoms. The average Bonchev–Trinajstić information content (AvgIpc) is 2.85. The van der Waals surface area contributed by atoms with E-state index >= 15 is 0 Å². The van der Waals surface area contributed by atoms with E-state index in [2.05, 4.69) is 4.74 Å². The molecule has 2 aliphatic rings. The highest BCUT2D eigenvalue weighted by atomic mass is 32.2. The van der Waals surface area contributed by atoms with Crippen LogP contribution in [0.5, 0.6) is 0 Å². The van der Waals surface area contributed by atoms with Gasteiger partial charge < -0.3 is 9.29 Å². The Kier molecular flexibility index (Phi) is 3.18. The molecule has 102 valence electrons. The third kappa shape index (κ3) is 2.26. The van der Waals surface area contributed by atoms with Gasteiger partial charge in [0.05, 0.1) is 6.61 Å². The van der Waals surface area contributed by atoms with E-state index in [4.69, 9.17) is 0 Å². The highest BCUT2D eigenvalue weighted by Crippen LogP contribution is 2.43. The van der Waals surface area contributed by atoms with Crippen LogP contribution in [-0.4, -0.2) is 30.8 Å². The van der Waals surface area contributed by atoms with Crippen LogP contribution in [0.4, 0.5) is 8.78 Å². The summed E-state index contributed by atoms with van der Waals surface area (Å²) in [6, 6.07) is 0. The van der Waals surface area contributed by atoms with Gasteiger partial charge in [-0.3, -0.25) is 0 Å². The van der Waals surface area contributed by atoms with Gasteiger partial charge in [0.1, 0.15) is 0 Å². The lowest BCUT2D eigenvalue weighted by Gasteiger charge is -2.21. The van der Waals surface area contributed by atoms with E-state index in [1.807, 2.05) is 12.2 Å². The van der Waals surface area contributed by atoms with E-state index in [9.17, 15) is 26.5 Å². The third-order valence-electron chi connectivity index (χ3n) is 3.40. The van der Waals surface area contributed by atoms with Gasteiger partial charge >= 0.3 is 11.2 Å². The zero-order valence-corrected chi connectivity index (χ0v) is 10.0. The summed E-state index contributed by atoms with van der Waals surface area (Å²) in [5, 5.41) is -5.01. The van der Waals surface area contributed by atoms with Gasteiger partial charge in [0.25, 0.3) is 0 Å².